The molecular formula is C9H7F4N. The monoisotopic (exact) mass is 205 g/mol. The molecule has 0 bridgehead atoms. The van der Waals surface area contributed by atoms with Gasteiger partial charge < -0.3 is 5.73 Å². The number of alkyl halides is 3. The first-order valence-corrected chi connectivity index (χ1v) is 3.65. The Morgan fingerprint density at radius 2 is 1.86 bits per heavy atom. The Kier molecular flexibility index (Phi) is 2.51. The van der Waals surface area contributed by atoms with Gasteiger partial charge in [-0.15, -0.1) is 0 Å². The highest BCUT2D eigenvalue weighted by molar-refractivity contribution is 5.57. The van der Waals surface area contributed by atoms with Crippen molar-refractivity contribution < 1.29 is 17.6 Å². The van der Waals surface area contributed by atoms with Crippen LogP contribution < -0.4 is 5.73 Å². The van der Waals surface area contributed by atoms with Gasteiger partial charge in [0, 0.05) is 11.3 Å². The minimum atomic E-state index is -4.74. The van der Waals surface area contributed by atoms with Crippen LogP contribution in [0.4, 0.5) is 23.2 Å². The van der Waals surface area contributed by atoms with Crippen LogP contribution in [-0.4, -0.2) is 0 Å². The number of rotatable bonds is 1. The lowest BCUT2D eigenvalue weighted by molar-refractivity contribution is -0.139. The Morgan fingerprint density at radius 3 is 2.29 bits per heavy atom. The van der Waals surface area contributed by atoms with E-state index in [0.717, 1.165) is 12.1 Å². The van der Waals surface area contributed by atoms with E-state index in [2.05, 4.69) is 6.58 Å². The van der Waals surface area contributed by atoms with E-state index in [-0.39, 0.29) is 11.3 Å². The molecular weight excluding hydrogens is 198 g/mol. The van der Waals surface area contributed by atoms with Gasteiger partial charge in [-0.3, -0.25) is 0 Å². The van der Waals surface area contributed by atoms with Crippen LogP contribution in [-0.2, 0) is 6.18 Å². The summed E-state index contributed by atoms with van der Waals surface area (Å²) in [4.78, 5) is 0. The quantitative estimate of drug-likeness (QED) is 0.553. The molecule has 0 aromatic heterocycles. The molecule has 0 radical (unpaired) electrons. The van der Waals surface area contributed by atoms with E-state index in [0.29, 0.717) is 6.07 Å². The van der Waals surface area contributed by atoms with Crippen LogP contribution in [0.5, 0.6) is 0 Å². The van der Waals surface area contributed by atoms with E-state index < -0.39 is 17.6 Å². The zero-order valence-corrected chi connectivity index (χ0v) is 7.03. The lowest BCUT2D eigenvalue weighted by Crippen LogP contribution is -2.10. The molecule has 1 aromatic carbocycles. The average molecular weight is 205 g/mol. The highest BCUT2D eigenvalue weighted by Crippen LogP contribution is 2.34. The van der Waals surface area contributed by atoms with Crippen molar-refractivity contribution in [2.45, 2.75) is 6.18 Å². The summed E-state index contributed by atoms with van der Waals surface area (Å²) in [5.41, 5.74) is 3.42. The first kappa shape index (κ1) is 10.6. The maximum absolute atomic E-state index is 13.1. The molecule has 0 unspecified atom stereocenters. The molecule has 0 aliphatic heterocycles. The lowest BCUT2D eigenvalue weighted by Gasteiger charge is -2.10. The van der Waals surface area contributed by atoms with Crippen LogP contribution in [0.15, 0.2) is 18.7 Å². The Balaban J connectivity index is 3.44. The van der Waals surface area contributed by atoms with Gasteiger partial charge in [-0.1, -0.05) is 12.7 Å². The Hall–Kier alpha value is -1.52. The predicted molar refractivity (Wildman–Crippen MR) is 45.9 cm³/mol. The summed E-state index contributed by atoms with van der Waals surface area (Å²) in [7, 11) is 0. The standard InChI is InChI=1S/C9H7F4N/c1-2-5-3-6(14)4-7(8(5)10)9(11,12)13/h2-4H,1,14H2. The zero-order valence-electron chi connectivity index (χ0n) is 7.03. The molecule has 0 aliphatic rings. The lowest BCUT2D eigenvalue weighted by atomic mass is 10.1. The number of halogens is 4. The second kappa shape index (κ2) is 3.32. The van der Waals surface area contributed by atoms with E-state index in [1.54, 1.807) is 0 Å². The third-order valence-electron chi connectivity index (χ3n) is 1.65. The molecule has 2 N–H and O–H groups in total. The number of nitrogen functional groups attached to an aromatic ring is 1. The molecule has 5 heteroatoms. The number of anilines is 1. The first-order valence-electron chi connectivity index (χ1n) is 3.65. The highest BCUT2D eigenvalue weighted by atomic mass is 19.4. The fourth-order valence-electron chi connectivity index (χ4n) is 1.02. The fraction of sp³-hybridized carbons (Fsp3) is 0.111. The predicted octanol–water partition coefficient (Wildman–Crippen LogP) is 3.07. The smallest absolute Gasteiger partial charge is 0.399 e. The van der Waals surface area contributed by atoms with Gasteiger partial charge in [0.05, 0.1) is 5.56 Å². The summed E-state index contributed by atoms with van der Waals surface area (Å²) in [5.74, 6) is -1.35. The van der Waals surface area contributed by atoms with Gasteiger partial charge in [0.25, 0.3) is 0 Å². The van der Waals surface area contributed by atoms with E-state index in [1.807, 2.05) is 0 Å². The second-order valence-corrected chi connectivity index (χ2v) is 2.67. The summed E-state index contributed by atoms with van der Waals surface area (Å²) >= 11 is 0. The van der Waals surface area contributed by atoms with Crippen LogP contribution in [0, 0.1) is 5.82 Å². The highest BCUT2D eigenvalue weighted by Gasteiger charge is 2.35. The van der Waals surface area contributed by atoms with Gasteiger partial charge in [0.1, 0.15) is 5.82 Å². The number of hydrogen-bond donors (Lipinski definition) is 1. The van der Waals surface area contributed by atoms with Crippen molar-refractivity contribution in [2.75, 3.05) is 5.73 Å². The third kappa shape index (κ3) is 1.86. The van der Waals surface area contributed by atoms with Crippen molar-refractivity contribution in [3.63, 3.8) is 0 Å². The van der Waals surface area contributed by atoms with Crippen molar-refractivity contribution in [2.24, 2.45) is 0 Å². The van der Waals surface area contributed by atoms with Crippen LogP contribution >= 0.6 is 0 Å². The molecule has 0 saturated carbocycles. The van der Waals surface area contributed by atoms with Gasteiger partial charge in [0.15, 0.2) is 0 Å². The molecule has 0 atom stereocenters. The Bertz CT molecular complexity index is 368. The summed E-state index contributed by atoms with van der Waals surface area (Å²) in [6.45, 7) is 3.19. The van der Waals surface area contributed by atoms with E-state index in [4.69, 9.17) is 5.73 Å². The normalized spacial score (nSPS) is 11.4. The molecule has 1 aromatic rings. The maximum Gasteiger partial charge on any atom is 0.419 e. The molecule has 76 valence electrons. The van der Waals surface area contributed by atoms with Gasteiger partial charge >= 0.3 is 6.18 Å². The van der Waals surface area contributed by atoms with Crippen LogP contribution in [0.25, 0.3) is 6.08 Å². The number of nitrogens with two attached hydrogens (primary N) is 1. The number of hydrogen-bond acceptors (Lipinski definition) is 1. The third-order valence-corrected chi connectivity index (χ3v) is 1.65. The van der Waals surface area contributed by atoms with Gasteiger partial charge in [-0.05, 0) is 12.1 Å². The maximum atomic E-state index is 13.1. The van der Waals surface area contributed by atoms with Crippen LogP contribution in [0.2, 0.25) is 0 Å². The fourth-order valence-corrected chi connectivity index (χ4v) is 1.02. The summed E-state index contributed by atoms with van der Waals surface area (Å²) in [6, 6.07) is 1.65. The number of benzene rings is 1. The SMILES string of the molecule is C=Cc1cc(N)cc(C(F)(F)F)c1F. The summed E-state index contributed by atoms with van der Waals surface area (Å²) in [6.07, 6.45) is -3.75. The molecule has 0 amide bonds. The van der Waals surface area contributed by atoms with E-state index in [9.17, 15) is 17.6 Å². The largest absolute Gasteiger partial charge is 0.419 e. The van der Waals surface area contributed by atoms with Gasteiger partial charge in [-0.25, -0.2) is 4.39 Å². The summed E-state index contributed by atoms with van der Waals surface area (Å²) in [5, 5.41) is 0. The summed E-state index contributed by atoms with van der Waals surface area (Å²) < 4.78 is 49.7. The Morgan fingerprint density at radius 1 is 1.29 bits per heavy atom. The minimum Gasteiger partial charge on any atom is -0.399 e. The van der Waals surface area contributed by atoms with Crippen molar-refractivity contribution >= 4 is 11.8 Å². The molecule has 0 fully saturated rings. The molecule has 0 spiro atoms. The van der Waals surface area contributed by atoms with Crippen molar-refractivity contribution in [1.29, 1.82) is 0 Å². The van der Waals surface area contributed by atoms with Gasteiger partial charge in [-0.2, -0.15) is 13.2 Å². The van der Waals surface area contributed by atoms with E-state index >= 15 is 0 Å². The molecule has 1 nitrogen and oxygen atoms in total. The van der Waals surface area contributed by atoms with Crippen molar-refractivity contribution in [3.8, 4) is 0 Å². The molecule has 1 rings (SSSR count). The minimum absolute atomic E-state index is 0.145. The van der Waals surface area contributed by atoms with E-state index in [1.165, 1.54) is 0 Å². The van der Waals surface area contributed by atoms with Gasteiger partial charge in [0.2, 0.25) is 0 Å². The Labute approximate surface area is 77.8 Å². The topological polar surface area (TPSA) is 26.0 Å². The average Bonchev–Trinajstić information content (AvgIpc) is 2.06. The van der Waals surface area contributed by atoms with Crippen LogP contribution in [0.1, 0.15) is 11.1 Å². The van der Waals surface area contributed by atoms with Crippen LogP contribution in [0.3, 0.4) is 0 Å². The van der Waals surface area contributed by atoms with Crippen molar-refractivity contribution in [1.82, 2.24) is 0 Å². The first-order chi connectivity index (χ1) is 6.36. The molecule has 0 heterocycles. The molecule has 0 saturated heterocycles. The zero-order chi connectivity index (χ0) is 10.9. The second-order valence-electron chi connectivity index (χ2n) is 2.67. The molecule has 0 aliphatic carbocycles. The van der Waals surface area contributed by atoms with Crippen molar-refractivity contribution in [3.05, 3.63) is 35.7 Å². The molecule has 14 heavy (non-hydrogen) atoms.